The Labute approximate surface area is 167 Å². The second kappa shape index (κ2) is 8.03. The molecule has 2 N–H and O–H groups in total. The SMILES string of the molecule is CCCCCc1cc(=O)cc2oc3cc(NC(=O)[C@@H]4CCC(=O)N4)ccc3nc1-2. The smallest absolute Gasteiger partial charge is 0.246 e. The summed E-state index contributed by atoms with van der Waals surface area (Å²) in [6, 6.07) is 7.79. The topological polar surface area (TPSA) is 101 Å². The molecule has 1 aromatic rings. The van der Waals surface area contributed by atoms with Crippen LogP contribution in [0.25, 0.3) is 22.6 Å². The van der Waals surface area contributed by atoms with Crippen molar-refractivity contribution in [2.24, 2.45) is 0 Å². The first-order chi connectivity index (χ1) is 14.0. The van der Waals surface area contributed by atoms with Gasteiger partial charge in [0.05, 0.1) is 0 Å². The van der Waals surface area contributed by atoms with Crippen molar-refractivity contribution in [2.75, 3.05) is 5.32 Å². The zero-order valence-corrected chi connectivity index (χ0v) is 16.3. The van der Waals surface area contributed by atoms with Gasteiger partial charge in [-0.05, 0) is 43.0 Å². The van der Waals surface area contributed by atoms with E-state index in [9.17, 15) is 14.4 Å². The summed E-state index contributed by atoms with van der Waals surface area (Å²) in [5.74, 6) is 0.0736. The number of rotatable bonds is 6. The van der Waals surface area contributed by atoms with Crippen LogP contribution in [-0.2, 0) is 16.0 Å². The highest BCUT2D eigenvalue weighted by Crippen LogP contribution is 2.29. The maximum Gasteiger partial charge on any atom is 0.246 e. The number of aryl methyl sites for hydroxylation is 1. The predicted octanol–water partition coefficient (Wildman–Crippen LogP) is 3.24. The van der Waals surface area contributed by atoms with E-state index in [1.807, 2.05) is 0 Å². The number of amides is 2. The number of nitrogens with one attached hydrogen (secondary N) is 2. The second-order valence-corrected chi connectivity index (χ2v) is 7.43. The van der Waals surface area contributed by atoms with E-state index in [0.29, 0.717) is 41.1 Å². The number of benzene rings is 2. The van der Waals surface area contributed by atoms with Gasteiger partial charge < -0.3 is 15.1 Å². The van der Waals surface area contributed by atoms with Crippen LogP contribution in [0.4, 0.5) is 5.69 Å². The minimum atomic E-state index is -0.515. The van der Waals surface area contributed by atoms with Gasteiger partial charge in [0, 0.05) is 24.2 Å². The summed E-state index contributed by atoms with van der Waals surface area (Å²) in [6.45, 7) is 2.14. The summed E-state index contributed by atoms with van der Waals surface area (Å²) >= 11 is 0. The van der Waals surface area contributed by atoms with Gasteiger partial charge in [-0.15, -0.1) is 0 Å². The molecule has 1 aliphatic carbocycles. The van der Waals surface area contributed by atoms with Crippen molar-refractivity contribution in [3.8, 4) is 11.5 Å². The van der Waals surface area contributed by atoms with Crippen molar-refractivity contribution in [3.05, 3.63) is 46.1 Å². The Morgan fingerprint density at radius 3 is 2.86 bits per heavy atom. The van der Waals surface area contributed by atoms with Crippen molar-refractivity contribution in [1.82, 2.24) is 10.3 Å². The highest BCUT2D eigenvalue weighted by molar-refractivity contribution is 5.99. The Morgan fingerprint density at radius 2 is 2.10 bits per heavy atom. The Kier molecular flexibility index (Phi) is 5.29. The minimum Gasteiger partial charge on any atom is -0.453 e. The molecule has 2 heterocycles. The fourth-order valence-electron chi connectivity index (χ4n) is 3.64. The molecule has 1 saturated heterocycles. The molecule has 4 rings (SSSR count). The summed E-state index contributed by atoms with van der Waals surface area (Å²) in [4.78, 5) is 40.4. The molecular weight excluding hydrogens is 370 g/mol. The average molecular weight is 393 g/mol. The summed E-state index contributed by atoms with van der Waals surface area (Å²) in [5, 5.41) is 5.45. The van der Waals surface area contributed by atoms with Gasteiger partial charge in [0.2, 0.25) is 11.8 Å². The third kappa shape index (κ3) is 4.13. The molecule has 1 aromatic carbocycles. The number of anilines is 1. The van der Waals surface area contributed by atoms with E-state index < -0.39 is 6.04 Å². The van der Waals surface area contributed by atoms with Crippen LogP contribution >= 0.6 is 0 Å². The van der Waals surface area contributed by atoms with Crippen LogP contribution < -0.4 is 16.1 Å². The molecular formula is C22H23N3O4. The number of hydrogen-bond acceptors (Lipinski definition) is 5. The molecule has 0 saturated carbocycles. The molecule has 2 aliphatic heterocycles. The number of carbonyl (C=O) groups is 2. The standard InChI is InChI=1S/C22H23N3O4/c1-2-3-4-5-13-10-15(26)12-19-21(13)25-16-7-6-14(11-18(16)29-19)23-22(28)17-8-9-20(27)24-17/h6-7,10-12,17H,2-5,8-9H2,1H3,(H,23,28)(H,24,27)/t17-/m0/s1. The van der Waals surface area contributed by atoms with Gasteiger partial charge in [0.25, 0.3) is 0 Å². The van der Waals surface area contributed by atoms with Crippen LogP contribution in [-0.4, -0.2) is 22.8 Å². The third-order valence-corrected chi connectivity index (χ3v) is 5.17. The Hall–Kier alpha value is -3.22. The zero-order chi connectivity index (χ0) is 20.4. The van der Waals surface area contributed by atoms with Crippen LogP contribution in [0.3, 0.4) is 0 Å². The number of carbonyl (C=O) groups excluding carboxylic acids is 2. The van der Waals surface area contributed by atoms with E-state index in [2.05, 4.69) is 17.6 Å². The van der Waals surface area contributed by atoms with Gasteiger partial charge in [-0.1, -0.05) is 19.8 Å². The van der Waals surface area contributed by atoms with E-state index in [1.54, 1.807) is 24.3 Å². The number of aromatic nitrogens is 1. The quantitative estimate of drug-likeness (QED) is 0.494. The molecule has 7 nitrogen and oxygen atoms in total. The monoisotopic (exact) mass is 393 g/mol. The molecule has 150 valence electrons. The molecule has 0 unspecified atom stereocenters. The minimum absolute atomic E-state index is 0.102. The van der Waals surface area contributed by atoms with Gasteiger partial charge in [-0.25, -0.2) is 4.98 Å². The van der Waals surface area contributed by atoms with Crippen LogP contribution in [0.15, 0.2) is 39.5 Å². The van der Waals surface area contributed by atoms with Gasteiger partial charge >= 0.3 is 0 Å². The molecule has 1 atom stereocenters. The summed E-state index contributed by atoms with van der Waals surface area (Å²) < 4.78 is 5.96. The van der Waals surface area contributed by atoms with Crippen LogP contribution in [0.2, 0.25) is 0 Å². The molecule has 7 heteroatoms. The van der Waals surface area contributed by atoms with Gasteiger partial charge in [0.15, 0.2) is 16.8 Å². The van der Waals surface area contributed by atoms with Gasteiger partial charge in [-0.2, -0.15) is 0 Å². The second-order valence-electron chi connectivity index (χ2n) is 7.43. The van der Waals surface area contributed by atoms with Crippen LogP contribution in [0, 0.1) is 0 Å². The van der Waals surface area contributed by atoms with E-state index >= 15 is 0 Å². The lowest BCUT2D eigenvalue weighted by molar-refractivity contribution is -0.122. The molecule has 1 fully saturated rings. The highest BCUT2D eigenvalue weighted by atomic mass is 16.3. The number of hydrogen-bond donors (Lipinski definition) is 2. The Bertz CT molecular complexity index is 1100. The normalized spacial score (nSPS) is 16.3. The molecule has 3 aliphatic rings. The van der Waals surface area contributed by atoms with E-state index in [1.165, 1.54) is 6.07 Å². The summed E-state index contributed by atoms with van der Waals surface area (Å²) in [7, 11) is 0. The van der Waals surface area contributed by atoms with Crippen LogP contribution in [0.1, 0.15) is 44.6 Å². The van der Waals surface area contributed by atoms with E-state index in [4.69, 9.17) is 9.40 Å². The van der Waals surface area contributed by atoms with Gasteiger partial charge in [-0.3, -0.25) is 14.4 Å². The van der Waals surface area contributed by atoms with Crippen molar-refractivity contribution in [3.63, 3.8) is 0 Å². The lowest BCUT2D eigenvalue weighted by atomic mass is 10.0. The van der Waals surface area contributed by atoms with Crippen molar-refractivity contribution < 1.29 is 14.0 Å². The number of fused-ring (bicyclic) bond motifs is 2. The van der Waals surface area contributed by atoms with Crippen LogP contribution in [0.5, 0.6) is 0 Å². The molecule has 0 spiro atoms. The first kappa shape index (κ1) is 19.1. The molecule has 0 aromatic heterocycles. The summed E-state index contributed by atoms with van der Waals surface area (Å²) in [5.41, 5.74) is 3.20. The molecule has 29 heavy (non-hydrogen) atoms. The summed E-state index contributed by atoms with van der Waals surface area (Å²) in [6.07, 6.45) is 4.84. The first-order valence-electron chi connectivity index (χ1n) is 10.0. The molecule has 0 radical (unpaired) electrons. The van der Waals surface area contributed by atoms with Crippen molar-refractivity contribution in [2.45, 2.75) is 51.5 Å². The van der Waals surface area contributed by atoms with E-state index in [0.717, 1.165) is 31.2 Å². The maximum absolute atomic E-state index is 12.3. The predicted molar refractivity (Wildman–Crippen MR) is 110 cm³/mol. The number of unbranched alkanes of at least 4 members (excludes halogenated alkanes) is 2. The Balaban J connectivity index is 1.64. The maximum atomic E-state index is 12.3. The lowest BCUT2D eigenvalue weighted by Gasteiger charge is -2.13. The number of nitrogens with zero attached hydrogens (tertiary/aromatic N) is 1. The third-order valence-electron chi connectivity index (χ3n) is 5.17. The average Bonchev–Trinajstić information content (AvgIpc) is 3.13. The first-order valence-corrected chi connectivity index (χ1v) is 10.0. The van der Waals surface area contributed by atoms with Crippen molar-refractivity contribution >= 4 is 28.6 Å². The fraction of sp³-hybridized carbons (Fsp3) is 0.364. The Morgan fingerprint density at radius 1 is 1.24 bits per heavy atom. The van der Waals surface area contributed by atoms with Crippen molar-refractivity contribution in [1.29, 1.82) is 0 Å². The highest BCUT2D eigenvalue weighted by Gasteiger charge is 2.27. The van der Waals surface area contributed by atoms with E-state index in [-0.39, 0.29) is 17.2 Å². The van der Waals surface area contributed by atoms with Gasteiger partial charge in [0.1, 0.15) is 17.3 Å². The largest absolute Gasteiger partial charge is 0.453 e. The lowest BCUT2D eigenvalue weighted by Crippen LogP contribution is -2.37. The fourth-order valence-corrected chi connectivity index (χ4v) is 3.64. The molecule has 0 bridgehead atoms. The zero-order valence-electron chi connectivity index (χ0n) is 16.3. The molecule has 2 amide bonds.